The van der Waals surface area contributed by atoms with Gasteiger partial charge in [0.2, 0.25) is 0 Å². The molecule has 1 saturated heterocycles. The molecule has 0 amide bonds. The van der Waals surface area contributed by atoms with Crippen molar-refractivity contribution in [2.24, 2.45) is 0 Å². The molecule has 0 radical (unpaired) electrons. The Balaban J connectivity index is 2.05. The Bertz CT molecular complexity index is 141. The van der Waals surface area contributed by atoms with Crippen LogP contribution in [-0.2, 0) is 9.47 Å². The van der Waals surface area contributed by atoms with Gasteiger partial charge >= 0.3 is 0 Å². The van der Waals surface area contributed by atoms with Gasteiger partial charge in [0, 0.05) is 19.7 Å². The van der Waals surface area contributed by atoms with Crippen molar-refractivity contribution in [3.8, 4) is 0 Å². The first kappa shape index (κ1) is 11.0. The summed E-state index contributed by atoms with van der Waals surface area (Å²) in [5.41, 5.74) is 0. The van der Waals surface area contributed by atoms with Gasteiger partial charge in [-0.2, -0.15) is 0 Å². The van der Waals surface area contributed by atoms with Crippen LogP contribution in [0, 0.1) is 0 Å². The van der Waals surface area contributed by atoms with Gasteiger partial charge in [-0.15, -0.1) is 0 Å². The monoisotopic (exact) mass is 187 g/mol. The summed E-state index contributed by atoms with van der Waals surface area (Å²) in [7, 11) is 1.73. The van der Waals surface area contributed by atoms with Crippen molar-refractivity contribution in [1.82, 2.24) is 5.32 Å². The van der Waals surface area contributed by atoms with Gasteiger partial charge in [-0.25, -0.2) is 0 Å². The summed E-state index contributed by atoms with van der Waals surface area (Å²) in [6, 6.07) is 0.421. The topological polar surface area (TPSA) is 30.5 Å². The fourth-order valence-corrected chi connectivity index (χ4v) is 1.68. The van der Waals surface area contributed by atoms with E-state index in [0.717, 1.165) is 13.2 Å². The van der Waals surface area contributed by atoms with Crippen molar-refractivity contribution >= 4 is 0 Å². The molecule has 0 aromatic rings. The fourth-order valence-electron chi connectivity index (χ4n) is 1.68. The highest BCUT2D eigenvalue weighted by atomic mass is 16.5. The van der Waals surface area contributed by atoms with Crippen LogP contribution in [0.1, 0.15) is 26.7 Å². The second-order valence-electron chi connectivity index (χ2n) is 3.91. The zero-order valence-corrected chi connectivity index (χ0v) is 8.88. The third-order valence-corrected chi connectivity index (χ3v) is 2.43. The maximum atomic E-state index is 5.69. The molecule has 13 heavy (non-hydrogen) atoms. The SMILES string of the molecule is COCC(C)NCC1CCC(C)O1. The van der Waals surface area contributed by atoms with Crippen molar-refractivity contribution in [2.45, 2.75) is 44.9 Å². The average Bonchev–Trinajstić information content (AvgIpc) is 2.49. The van der Waals surface area contributed by atoms with Crippen LogP contribution in [0.15, 0.2) is 0 Å². The van der Waals surface area contributed by atoms with Crippen LogP contribution in [0.2, 0.25) is 0 Å². The maximum absolute atomic E-state index is 5.69. The van der Waals surface area contributed by atoms with Crippen molar-refractivity contribution in [2.75, 3.05) is 20.3 Å². The summed E-state index contributed by atoms with van der Waals surface area (Å²) < 4.78 is 10.7. The van der Waals surface area contributed by atoms with Crippen LogP contribution in [0.25, 0.3) is 0 Å². The molecule has 1 heterocycles. The van der Waals surface area contributed by atoms with Gasteiger partial charge in [0.25, 0.3) is 0 Å². The Morgan fingerprint density at radius 1 is 1.54 bits per heavy atom. The van der Waals surface area contributed by atoms with Crippen LogP contribution >= 0.6 is 0 Å². The van der Waals surface area contributed by atoms with Crippen LogP contribution < -0.4 is 5.32 Å². The normalized spacial score (nSPS) is 30.7. The number of hydrogen-bond donors (Lipinski definition) is 1. The number of hydrogen-bond acceptors (Lipinski definition) is 3. The van der Waals surface area contributed by atoms with Crippen LogP contribution in [0.3, 0.4) is 0 Å². The Hall–Kier alpha value is -0.120. The summed E-state index contributed by atoms with van der Waals surface area (Å²) in [5.74, 6) is 0. The van der Waals surface area contributed by atoms with Crippen LogP contribution in [-0.4, -0.2) is 38.5 Å². The minimum atomic E-state index is 0.411. The fraction of sp³-hybridized carbons (Fsp3) is 1.00. The lowest BCUT2D eigenvalue weighted by molar-refractivity contribution is 0.0522. The largest absolute Gasteiger partial charge is 0.383 e. The third kappa shape index (κ3) is 4.07. The number of methoxy groups -OCH3 is 1. The molecule has 0 aromatic heterocycles. The number of rotatable bonds is 5. The van der Waals surface area contributed by atoms with Crippen LogP contribution in [0.4, 0.5) is 0 Å². The molecule has 0 aliphatic carbocycles. The molecular formula is C10H21NO2. The zero-order chi connectivity index (χ0) is 9.68. The molecule has 1 rings (SSSR count). The molecule has 0 spiro atoms. The Labute approximate surface area is 80.8 Å². The highest BCUT2D eigenvalue weighted by Gasteiger charge is 2.21. The van der Waals surface area contributed by atoms with Crippen molar-refractivity contribution < 1.29 is 9.47 Å². The van der Waals surface area contributed by atoms with E-state index in [2.05, 4.69) is 19.2 Å². The maximum Gasteiger partial charge on any atom is 0.0704 e. The average molecular weight is 187 g/mol. The van der Waals surface area contributed by atoms with Crippen LogP contribution in [0.5, 0.6) is 0 Å². The quantitative estimate of drug-likeness (QED) is 0.701. The van der Waals surface area contributed by atoms with E-state index in [1.807, 2.05) is 0 Å². The summed E-state index contributed by atoms with van der Waals surface area (Å²) in [4.78, 5) is 0. The minimum Gasteiger partial charge on any atom is -0.383 e. The highest BCUT2D eigenvalue weighted by Crippen LogP contribution is 2.18. The summed E-state index contributed by atoms with van der Waals surface area (Å²) >= 11 is 0. The first-order chi connectivity index (χ1) is 6.22. The predicted octanol–water partition coefficient (Wildman–Crippen LogP) is 1.18. The van der Waals surface area contributed by atoms with E-state index in [9.17, 15) is 0 Å². The van der Waals surface area contributed by atoms with E-state index < -0.39 is 0 Å². The zero-order valence-electron chi connectivity index (χ0n) is 8.88. The molecular weight excluding hydrogens is 166 g/mol. The smallest absolute Gasteiger partial charge is 0.0704 e. The van der Waals surface area contributed by atoms with Crippen molar-refractivity contribution in [1.29, 1.82) is 0 Å². The Morgan fingerprint density at radius 2 is 2.31 bits per heavy atom. The predicted molar refractivity (Wildman–Crippen MR) is 52.9 cm³/mol. The van der Waals surface area contributed by atoms with Crippen molar-refractivity contribution in [3.05, 3.63) is 0 Å². The molecule has 3 nitrogen and oxygen atoms in total. The second-order valence-corrected chi connectivity index (χ2v) is 3.91. The first-order valence-corrected chi connectivity index (χ1v) is 5.10. The second kappa shape index (κ2) is 5.58. The molecule has 1 aliphatic heterocycles. The number of ether oxygens (including phenoxy) is 2. The molecule has 1 N–H and O–H groups in total. The Morgan fingerprint density at radius 3 is 2.85 bits per heavy atom. The third-order valence-electron chi connectivity index (χ3n) is 2.43. The molecule has 0 saturated carbocycles. The standard InChI is InChI=1S/C10H21NO2/c1-8(7-12-3)11-6-10-5-4-9(2)13-10/h8-11H,4-7H2,1-3H3. The highest BCUT2D eigenvalue weighted by molar-refractivity contribution is 4.73. The minimum absolute atomic E-state index is 0.411. The summed E-state index contributed by atoms with van der Waals surface area (Å²) in [6.45, 7) is 5.98. The lowest BCUT2D eigenvalue weighted by atomic mass is 10.2. The summed E-state index contributed by atoms with van der Waals surface area (Å²) in [6.07, 6.45) is 3.25. The molecule has 78 valence electrons. The lowest BCUT2D eigenvalue weighted by Gasteiger charge is -2.16. The molecule has 3 atom stereocenters. The van der Waals surface area contributed by atoms with E-state index in [0.29, 0.717) is 18.2 Å². The van der Waals surface area contributed by atoms with E-state index in [1.54, 1.807) is 7.11 Å². The molecule has 0 aromatic carbocycles. The van der Waals surface area contributed by atoms with E-state index in [4.69, 9.17) is 9.47 Å². The molecule has 3 heteroatoms. The van der Waals surface area contributed by atoms with Gasteiger partial charge < -0.3 is 14.8 Å². The van der Waals surface area contributed by atoms with Gasteiger partial charge in [-0.1, -0.05) is 0 Å². The van der Waals surface area contributed by atoms with Gasteiger partial charge in [0.15, 0.2) is 0 Å². The Kier molecular flexibility index (Phi) is 4.70. The van der Waals surface area contributed by atoms with Crippen molar-refractivity contribution in [3.63, 3.8) is 0 Å². The van der Waals surface area contributed by atoms with Gasteiger partial charge in [-0.3, -0.25) is 0 Å². The molecule has 1 aliphatic rings. The number of nitrogens with one attached hydrogen (secondary N) is 1. The van der Waals surface area contributed by atoms with E-state index >= 15 is 0 Å². The van der Waals surface area contributed by atoms with E-state index in [1.165, 1.54) is 12.8 Å². The lowest BCUT2D eigenvalue weighted by Crippen LogP contribution is -2.36. The van der Waals surface area contributed by atoms with E-state index in [-0.39, 0.29) is 0 Å². The van der Waals surface area contributed by atoms with Gasteiger partial charge in [0.1, 0.15) is 0 Å². The molecule has 0 bridgehead atoms. The first-order valence-electron chi connectivity index (χ1n) is 5.10. The summed E-state index contributed by atoms with van der Waals surface area (Å²) in [5, 5.41) is 3.40. The molecule has 1 fully saturated rings. The molecule has 3 unspecified atom stereocenters. The van der Waals surface area contributed by atoms with Gasteiger partial charge in [0.05, 0.1) is 18.8 Å². The van der Waals surface area contributed by atoms with Gasteiger partial charge in [-0.05, 0) is 26.7 Å².